The quantitative estimate of drug-likeness (QED) is 0.602. The fourth-order valence-corrected chi connectivity index (χ4v) is 2.55. The summed E-state index contributed by atoms with van der Waals surface area (Å²) in [6.07, 6.45) is -4.53. The largest absolute Gasteiger partial charge is 0.418 e. The summed E-state index contributed by atoms with van der Waals surface area (Å²) in [6.45, 7) is 1.53. The second kappa shape index (κ2) is 5.90. The molecule has 0 radical (unpaired) electrons. The minimum absolute atomic E-state index is 0.0799. The third-order valence-corrected chi connectivity index (χ3v) is 3.69. The summed E-state index contributed by atoms with van der Waals surface area (Å²) in [6, 6.07) is 8.72. The van der Waals surface area contributed by atoms with E-state index in [1.54, 1.807) is 0 Å². The summed E-state index contributed by atoms with van der Waals surface area (Å²) in [5.74, 6) is -0.154. The van der Waals surface area contributed by atoms with Crippen LogP contribution in [0.2, 0.25) is 5.02 Å². The Morgan fingerprint density at radius 1 is 1.08 bits per heavy atom. The Bertz CT molecular complexity index is 903. The van der Waals surface area contributed by atoms with Crippen LogP contribution in [0.1, 0.15) is 11.4 Å². The average molecular weight is 356 g/mol. The summed E-state index contributed by atoms with van der Waals surface area (Å²) in [4.78, 5) is 4.15. The number of alkyl halides is 3. The van der Waals surface area contributed by atoms with Gasteiger partial charge in [-0.3, -0.25) is 0 Å². The molecule has 0 aliphatic rings. The van der Waals surface area contributed by atoms with Crippen molar-refractivity contribution >= 4 is 11.6 Å². The number of rotatable bonds is 2. The fourth-order valence-electron chi connectivity index (χ4n) is 2.30. The van der Waals surface area contributed by atoms with E-state index in [-0.39, 0.29) is 22.4 Å². The van der Waals surface area contributed by atoms with E-state index in [9.17, 15) is 17.6 Å². The van der Waals surface area contributed by atoms with Crippen molar-refractivity contribution in [2.45, 2.75) is 13.1 Å². The highest BCUT2D eigenvalue weighted by Gasteiger charge is 2.34. The van der Waals surface area contributed by atoms with E-state index < -0.39 is 17.6 Å². The molecule has 0 aliphatic carbocycles. The monoisotopic (exact) mass is 355 g/mol. The normalized spacial score (nSPS) is 11.8. The number of nitrogens with zero attached hydrogens (tertiary/aromatic N) is 3. The molecule has 0 unspecified atom stereocenters. The molecule has 0 saturated heterocycles. The van der Waals surface area contributed by atoms with E-state index in [0.717, 1.165) is 16.8 Å². The molecular formula is C16H10ClF4N3. The van der Waals surface area contributed by atoms with Crippen molar-refractivity contribution in [3.05, 3.63) is 64.7 Å². The van der Waals surface area contributed by atoms with Gasteiger partial charge in [-0.2, -0.15) is 13.2 Å². The van der Waals surface area contributed by atoms with E-state index in [1.165, 1.54) is 37.3 Å². The summed E-state index contributed by atoms with van der Waals surface area (Å²) in [5, 5.41) is 4.19. The molecule has 24 heavy (non-hydrogen) atoms. The van der Waals surface area contributed by atoms with Gasteiger partial charge in [0, 0.05) is 5.56 Å². The number of para-hydroxylation sites is 1. The van der Waals surface area contributed by atoms with Gasteiger partial charge >= 0.3 is 6.18 Å². The Morgan fingerprint density at radius 3 is 2.46 bits per heavy atom. The maximum atomic E-state index is 13.2. The number of hydrogen-bond donors (Lipinski definition) is 0. The van der Waals surface area contributed by atoms with Crippen molar-refractivity contribution in [2.24, 2.45) is 0 Å². The second-order valence-electron chi connectivity index (χ2n) is 5.03. The van der Waals surface area contributed by atoms with Crippen molar-refractivity contribution in [3.63, 3.8) is 0 Å². The van der Waals surface area contributed by atoms with E-state index in [1.807, 2.05) is 0 Å². The minimum atomic E-state index is -4.53. The second-order valence-corrected chi connectivity index (χ2v) is 5.44. The van der Waals surface area contributed by atoms with Crippen LogP contribution in [0.15, 0.2) is 42.5 Å². The van der Waals surface area contributed by atoms with Gasteiger partial charge in [0.25, 0.3) is 0 Å². The lowest BCUT2D eigenvalue weighted by Gasteiger charge is -2.12. The minimum Gasteiger partial charge on any atom is -0.217 e. The maximum Gasteiger partial charge on any atom is 0.418 e. The van der Waals surface area contributed by atoms with Crippen LogP contribution in [0, 0.1) is 12.7 Å². The van der Waals surface area contributed by atoms with Crippen LogP contribution in [-0.4, -0.2) is 14.8 Å². The van der Waals surface area contributed by atoms with Gasteiger partial charge in [0.15, 0.2) is 5.82 Å². The SMILES string of the molecule is Cc1nc(-c2ccc(F)cc2Cl)nn1-c1ccccc1C(F)(F)F. The van der Waals surface area contributed by atoms with Gasteiger partial charge < -0.3 is 0 Å². The third-order valence-electron chi connectivity index (χ3n) is 3.38. The van der Waals surface area contributed by atoms with Gasteiger partial charge in [0.2, 0.25) is 0 Å². The highest BCUT2D eigenvalue weighted by molar-refractivity contribution is 6.33. The maximum absolute atomic E-state index is 13.2. The lowest BCUT2D eigenvalue weighted by atomic mass is 10.1. The zero-order valence-electron chi connectivity index (χ0n) is 12.3. The lowest BCUT2D eigenvalue weighted by Crippen LogP contribution is -2.12. The first-order valence-electron chi connectivity index (χ1n) is 6.83. The van der Waals surface area contributed by atoms with Crippen LogP contribution < -0.4 is 0 Å². The Morgan fingerprint density at radius 2 is 1.79 bits per heavy atom. The molecule has 0 N–H and O–H groups in total. The predicted molar refractivity (Wildman–Crippen MR) is 81.5 cm³/mol. The van der Waals surface area contributed by atoms with E-state index in [0.29, 0.717) is 5.56 Å². The third kappa shape index (κ3) is 2.99. The molecule has 0 atom stereocenters. The molecule has 1 aromatic heterocycles. The molecule has 8 heteroatoms. The van der Waals surface area contributed by atoms with Gasteiger partial charge in [-0.15, -0.1) is 5.10 Å². The van der Waals surface area contributed by atoms with Crippen molar-refractivity contribution in [3.8, 4) is 17.1 Å². The smallest absolute Gasteiger partial charge is 0.217 e. The van der Waals surface area contributed by atoms with Crippen LogP contribution in [0.25, 0.3) is 17.1 Å². The fraction of sp³-hybridized carbons (Fsp3) is 0.125. The van der Waals surface area contributed by atoms with Crippen molar-refractivity contribution in [1.29, 1.82) is 0 Å². The van der Waals surface area contributed by atoms with E-state index in [2.05, 4.69) is 10.1 Å². The lowest BCUT2D eigenvalue weighted by molar-refractivity contribution is -0.137. The summed E-state index contributed by atoms with van der Waals surface area (Å²) in [7, 11) is 0. The molecule has 0 fully saturated rings. The average Bonchev–Trinajstić information content (AvgIpc) is 2.88. The Labute approximate surface area is 139 Å². The van der Waals surface area contributed by atoms with Crippen LogP contribution in [0.5, 0.6) is 0 Å². The molecule has 0 aliphatic heterocycles. The number of hydrogen-bond acceptors (Lipinski definition) is 2. The van der Waals surface area contributed by atoms with E-state index in [4.69, 9.17) is 11.6 Å². The molecule has 0 amide bonds. The van der Waals surface area contributed by atoms with Crippen LogP contribution in [0.3, 0.4) is 0 Å². The Balaban J connectivity index is 2.15. The molecule has 2 aromatic carbocycles. The predicted octanol–water partition coefficient (Wildman–Crippen LogP) is 5.05. The molecule has 1 heterocycles. The number of aryl methyl sites for hydroxylation is 1. The van der Waals surface area contributed by atoms with Gasteiger partial charge in [-0.05, 0) is 37.3 Å². The zero-order valence-corrected chi connectivity index (χ0v) is 13.0. The topological polar surface area (TPSA) is 30.7 Å². The standard InChI is InChI=1S/C16H10ClF4N3/c1-9-22-15(11-7-6-10(18)8-13(11)17)23-24(9)14-5-3-2-4-12(14)16(19,20)21/h2-8H,1H3. The zero-order chi connectivity index (χ0) is 17.5. The van der Waals surface area contributed by atoms with Gasteiger partial charge in [-0.1, -0.05) is 23.7 Å². The van der Waals surface area contributed by atoms with E-state index >= 15 is 0 Å². The number of aromatic nitrogens is 3. The Hall–Kier alpha value is -2.41. The number of benzene rings is 2. The van der Waals surface area contributed by atoms with Crippen molar-refractivity contribution in [2.75, 3.05) is 0 Å². The Kier molecular flexibility index (Phi) is 4.04. The molecular weight excluding hydrogens is 346 g/mol. The summed E-state index contributed by atoms with van der Waals surface area (Å²) < 4.78 is 53.8. The summed E-state index contributed by atoms with van der Waals surface area (Å²) in [5.41, 5.74) is -0.626. The molecule has 124 valence electrons. The van der Waals surface area contributed by atoms with Crippen molar-refractivity contribution < 1.29 is 17.6 Å². The molecule has 0 spiro atoms. The molecule has 3 aromatic rings. The van der Waals surface area contributed by atoms with Crippen LogP contribution >= 0.6 is 11.6 Å². The first kappa shape index (κ1) is 16.4. The first-order valence-corrected chi connectivity index (χ1v) is 7.21. The molecule has 3 rings (SSSR count). The van der Waals surface area contributed by atoms with Crippen molar-refractivity contribution in [1.82, 2.24) is 14.8 Å². The highest BCUT2D eigenvalue weighted by atomic mass is 35.5. The summed E-state index contributed by atoms with van der Waals surface area (Å²) >= 11 is 5.97. The van der Waals surface area contributed by atoms with Gasteiger partial charge in [0.05, 0.1) is 16.3 Å². The molecule has 0 bridgehead atoms. The molecule has 0 saturated carbocycles. The first-order chi connectivity index (χ1) is 11.3. The van der Waals surface area contributed by atoms with Crippen LogP contribution in [0.4, 0.5) is 17.6 Å². The molecule has 3 nitrogen and oxygen atoms in total. The number of halogens is 5. The van der Waals surface area contributed by atoms with Crippen LogP contribution in [-0.2, 0) is 6.18 Å². The van der Waals surface area contributed by atoms with Gasteiger partial charge in [-0.25, -0.2) is 14.1 Å². The van der Waals surface area contributed by atoms with Gasteiger partial charge in [0.1, 0.15) is 11.6 Å². The highest BCUT2D eigenvalue weighted by Crippen LogP contribution is 2.34.